The first-order chi connectivity index (χ1) is 14.2. The SMILES string of the molecule is Cc1cc(C)cc(C(=Cc2ccc(Nc3ccccc3)cc2)c2ccccc2)c1. The molecule has 0 heterocycles. The zero-order chi connectivity index (χ0) is 20.1. The molecule has 0 unspecified atom stereocenters. The molecule has 0 bridgehead atoms. The highest BCUT2D eigenvalue weighted by Crippen LogP contribution is 2.28. The highest BCUT2D eigenvalue weighted by atomic mass is 14.9. The Hall–Kier alpha value is -3.58. The Morgan fingerprint density at radius 2 is 1.14 bits per heavy atom. The quantitative estimate of drug-likeness (QED) is 0.353. The van der Waals surface area contributed by atoms with E-state index in [0.29, 0.717) is 0 Å². The lowest BCUT2D eigenvalue weighted by Gasteiger charge is -2.12. The third-order valence-electron chi connectivity index (χ3n) is 4.90. The molecule has 0 fully saturated rings. The first kappa shape index (κ1) is 18.8. The van der Waals surface area contributed by atoms with E-state index in [-0.39, 0.29) is 0 Å². The van der Waals surface area contributed by atoms with E-state index in [1.54, 1.807) is 0 Å². The van der Waals surface area contributed by atoms with Gasteiger partial charge in [0.25, 0.3) is 0 Å². The van der Waals surface area contributed by atoms with Crippen molar-refractivity contribution < 1.29 is 0 Å². The fourth-order valence-electron chi connectivity index (χ4n) is 3.60. The van der Waals surface area contributed by atoms with Gasteiger partial charge >= 0.3 is 0 Å². The minimum Gasteiger partial charge on any atom is -0.356 e. The molecule has 1 nitrogen and oxygen atoms in total. The number of rotatable bonds is 5. The van der Waals surface area contributed by atoms with Crippen LogP contribution >= 0.6 is 0 Å². The van der Waals surface area contributed by atoms with Crippen LogP contribution in [0.15, 0.2) is 103 Å². The van der Waals surface area contributed by atoms with E-state index in [4.69, 9.17) is 0 Å². The van der Waals surface area contributed by atoms with Gasteiger partial charge in [0.2, 0.25) is 0 Å². The van der Waals surface area contributed by atoms with Crippen LogP contribution < -0.4 is 5.32 Å². The number of nitrogens with one attached hydrogen (secondary N) is 1. The molecule has 4 rings (SSSR count). The summed E-state index contributed by atoms with van der Waals surface area (Å²) < 4.78 is 0. The molecule has 0 aliphatic rings. The van der Waals surface area contributed by atoms with Crippen molar-refractivity contribution in [1.82, 2.24) is 0 Å². The second kappa shape index (κ2) is 8.62. The van der Waals surface area contributed by atoms with E-state index in [2.05, 4.69) is 110 Å². The Morgan fingerprint density at radius 1 is 0.586 bits per heavy atom. The molecular weight excluding hydrogens is 350 g/mol. The minimum absolute atomic E-state index is 1.08. The summed E-state index contributed by atoms with van der Waals surface area (Å²) in [6.07, 6.45) is 2.27. The smallest absolute Gasteiger partial charge is 0.0384 e. The highest BCUT2D eigenvalue weighted by Gasteiger charge is 2.07. The molecule has 4 aromatic rings. The van der Waals surface area contributed by atoms with Gasteiger partial charge in [0.15, 0.2) is 0 Å². The van der Waals surface area contributed by atoms with Gasteiger partial charge in [0, 0.05) is 11.4 Å². The van der Waals surface area contributed by atoms with Gasteiger partial charge in [-0.05, 0) is 66.5 Å². The summed E-state index contributed by atoms with van der Waals surface area (Å²) in [5.74, 6) is 0. The first-order valence-corrected chi connectivity index (χ1v) is 9.95. The van der Waals surface area contributed by atoms with Crippen molar-refractivity contribution in [3.63, 3.8) is 0 Å². The number of hydrogen-bond acceptors (Lipinski definition) is 1. The summed E-state index contributed by atoms with van der Waals surface area (Å²) in [5.41, 5.74) is 9.64. The fraction of sp³-hybridized carbons (Fsp3) is 0.0714. The standard InChI is InChI=1S/C28H25N/c1-21-17-22(2)19-25(18-21)28(24-9-5-3-6-10-24)20-23-13-15-27(16-14-23)29-26-11-7-4-8-12-26/h3-20,29H,1-2H3. The molecule has 0 amide bonds. The summed E-state index contributed by atoms with van der Waals surface area (Å²) in [5, 5.41) is 3.44. The van der Waals surface area contributed by atoms with Gasteiger partial charge in [-0.3, -0.25) is 0 Å². The Balaban J connectivity index is 1.69. The van der Waals surface area contributed by atoms with Crippen LogP contribution in [0.1, 0.15) is 27.8 Å². The van der Waals surface area contributed by atoms with Crippen LogP contribution in [0.3, 0.4) is 0 Å². The molecule has 1 heteroatoms. The molecule has 0 aliphatic carbocycles. The second-order valence-electron chi connectivity index (χ2n) is 7.41. The third-order valence-corrected chi connectivity index (χ3v) is 4.90. The van der Waals surface area contributed by atoms with Crippen LogP contribution in [0.5, 0.6) is 0 Å². The molecule has 0 atom stereocenters. The molecule has 0 aliphatic heterocycles. The predicted molar refractivity (Wildman–Crippen MR) is 125 cm³/mol. The van der Waals surface area contributed by atoms with Crippen molar-refractivity contribution >= 4 is 23.0 Å². The summed E-state index contributed by atoms with van der Waals surface area (Å²) in [7, 11) is 0. The average Bonchev–Trinajstić information content (AvgIpc) is 2.74. The van der Waals surface area contributed by atoms with Crippen LogP contribution in [0.4, 0.5) is 11.4 Å². The largest absolute Gasteiger partial charge is 0.356 e. The van der Waals surface area contributed by atoms with Crippen LogP contribution in [0.25, 0.3) is 11.6 Å². The molecule has 0 saturated heterocycles. The Kier molecular flexibility index (Phi) is 5.58. The minimum atomic E-state index is 1.08. The molecule has 1 N–H and O–H groups in total. The van der Waals surface area contributed by atoms with Crippen LogP contribution in [0, 0.1) is 13.8 Å². The van der Waals surface area contributed by atoms with Crippen molar-refractivity contribution in [3.8, 4) is 0 Å². The monoisotopic (exact) mass is 375 g/mol. The molecular formula is C28H25N. The molecule has 0 aromatic heterocycles. The average molecular weight is 376 g/mol. The maximum absolute atomic E-state index is 3.44. The number of anilines is 2. The molecule has 29 heavy (non-hydrogen) atoms. The zero-order valence-electron chi connectivity index (χ0n) is 16.9. The first-order valence-electron chi connectivity index (χ1n) is 9.95. The summed E-state index contributed by atoms with van der Waals surface area (Å²) in [6, 6.07) is 36.2. The van der Waals surface area contributed by atoms with E-state index in [1.165, 1.54) is 33.4 Å². The number of para-hydroxylation sites is 1. The summed E-state index contributed by atoms with van der Waals surface area (Å²) >= 11 is 0. The molecule has 4 aromatic carbocycles. The number of hydrogen-bond donors (Lipinski definition) is 1. The van der Waals surface area contributed by atoms with Crippen molar-refractivity contribution in [2.24, 2.45) is 0 Å². The normalized spacial score (nSPS) is 11.3. The number of aryl methyl sites for hydroxylation is 2. The molecule has 0 saturated carbocycles. The third kappa shape index (κ3) is 4.83. The second-order valence-corrected chi connectivity index (χ2v) is 7.41. The van der Waals surface area contributed by atoms with E-state index < -0.39 is 0 Å². The Labute approximate surface area is 173 Å². The zero-order valence-corrected chi connectivity index (χ0v) is 16.9. The summed E-state index contributed by atoms with van der Waals surface area (Å²) in [6.45, 7) is 4.31. The van der Waals surface area contributed by atoms with Crippen molar-refractivity contribution in [2.75, 3.05) is 5.32 Å². The van der Waals surface area contributed by atoms with Crippen LogP contribution in [0.2, 0.25) is 0 Å². The lowest BCUT2D eigenvalue weighted by molar-refractivity contribution is 1.36. The maximum atomic E-state index is 3.44. The van der Waals surface area contributed by atoms with Gasteiger partial charge in [-0.2, -0.15) is 0 Å². The summed E-state index contributed by atoms with van der Waals surface area (Å²) in [4.78, 5) is 0. The van der Waals surface area contributed by atoms with Crippen molar-refractivity contribution in [1.29, 1.82) is 0 Å². The topological polar surface area (TPSA) is 12.0 Å². The van der Waals surface area contributed by atoms with Gasteiger partial charge in [-0.1, -0.05) is 90.0 Å². The predicted octanol–water partition coefficient (Wildman–Crippen LogP) is 7.64. The van der Waals surface area contributed by atoms with Crippen LogP contribution in [-0.4, -0.2) is 0 Å². The van der Waals surface area contributed by atoms with E-state index >= 15 is 0 Å². The van der Waals surface area contributed by atoms with Gasteiger partial charge < -0.3 is 5.32 Å². The van der Waals surface area contributed by atoms with Gasteiger partial charge in [0.1, 0.15) is 0 Å². The van der Waals surface area contributed by atoms with Crippen molar-refractivity contribution in [2.45, 2.75) is 13.8 Å². The van der Waals surface area contributed by atoms with Gasteiger partial charge in [-0.15, -0.1) is 0 Å². The van der Waals surface area contributed by atoms with E-state index in [9.17, 15) is 0 Å². The van der Waals surface area contributed by atoms with Gasteiger partial charge in [-0.25, -0.2) is 0 Å². The lowest BCUT2D eigenvalue weighted by Crippen LogP contribution is -1.92. The van der Waals surface area contributed by atoms with Gasteiger partial charge in [0.05, 0.1) is 0 Å². The molecule has 0 radical (unpaired) electrons. The number of benzene rings is 4. The maximum Gasteiger partial charge on any atom is 0.0384 e. The highest BCUT2D eigenvalue weighted by molar-refractivity contribution is 5.91. The Bertz CT molecular complexity index is 1090. The Morgan fingerprint density at radius 3 is 1.76 bits per heavy atom. The van der Waals surface area contributed by atoms with Crippen molar-refractivity contribution in [3.05, 3.63) is 131 Å². The van der Waals surface area contributed by atoms with E-state index in [1.807, 2.05) is 18.2 Å². The van der Waals surface area contributed by atoms with E-state index in [0.717, 1.165) is 11.4 Å². The molecule has 142 valence electrons. The lowest BCUT2D eigenvalue weighted by atomic mass is 9.93. The fourth-order valence-corrected chi connectivity index (χ4v) is 3.60. The van der Waals surface area contributed by atoms with Crippen LogP contribution in [-0.2, 0) is 0 Å². The molecule has 0 spiro atoms.